The number of carbonyl (C=O) groups excluding carboxylic acids is 1. The van der Waals surface area contributed by atoms with E-state index in [0.29, 0.717) is 42.3 Å². The SMILES string of the molecule is C[C@H]1CN(Cc2cc3c(c(C(F)(F)F)c2)CN(c2cccc(C4(Cc5nncn5C)CC(F)(F)C4)c2)C3=O)CCN1. The summed E-state index contributed by atoms with van der Waals surface area (Å²) < 4.78 is 72.9. The van der Waals surface area contributed by atoms with Crippen molar-refractivity contribution in [2.45, 2.75) is 62.8 Å². The summed E-state index contributed by atoms with van der Waals surface area (Å²) in [5, 5.41) is 11.2. The van der Waals surface area contributed by atoms with Crippen molar-refractivity contribution in [2.24, 2.45) is 7.05 Å². The molecule has 3 aliphatic rings. The van der Waals surface area contributed by atoms with Crippen molar-refractivity contribution in [3.63, 3.8) is 0 Å². The number of benzene rings is 2. The standard InChI is InChI=1S/C29H31F5N6O/c1-18-12-39(7-6-35-18)13-19-8-22-23(24(9-19)29(32,33)34)14-40(26(22)41)21-5-3-4-20(10-21)27(15-28(30,31)16-27)11-25-37-36-17-38(25)2/h3-5,8-10,17-18,35H,6-7,11-16H2,1-2H3/t18-/m0/s1. The minimum atomic E-state index is -4.63. The van der Waals surface area contributed by atoms with Crippen LogP contribution >= 0.6 is 0 Å². The highest BCUT2D eigenvalue weighted by Gasteiger charge is 2.57. The van der Waals surface area contributed by atoms with Crippen LogP contribution in [0.25, 0.3) is 0 Å². The van der Waals surface area contributed by atoms with Crippen molar-refractivity contribution in [2.75, 3.05) is 24.5 Å². The van der Waals surface area contributed by atoms with Gasteiger partial charge in [0.05, 0.1) is 12.1 Å². The van der Waals surface area contributed by atoms with Crippen LogP contribution in [0.2, 0.25) is 0 Å². The van der Waals surface area contributed by atoms with E-state index in [1.165, 1.54) is 11.2 Å². The van der Waals surface area contributed by atoms with Crippen LogP contribution < -0.4 is 10.2 Å². The number of nitrogens with one attached hydrogen (secondary N) is 1. The van der Waals surface area contributed by atoms with E-state index in [1.807, 2.05) is 6.92 Å². The largest absolute Gasteiger partial charge is 0.416 e. The molecule has 2 aromatic carbocycles. The Bertz CT molecular complexity index is 1480. The van der Waals surface area contributed by atoms with Crippen LogP contribution in [-0.2, 0) is 38.1 Å². The van der Waals surface area contributed by atoms with Gasteiger partial charge >= 0.3 is 6.18 Å². The molecule has 7 nitrogen and oxygen atoms in total. The number of rotatable bonds is 6. The Kier molecular flexibility index (Phi) is 6.68. The summed E-state index contributed by atoms with van der Waals surface area (Å²) in [6.45, 7) is 4.22. The molecule has 6 rings (SSSR count). The van der Waals surface area contributed by atoms with Gasteiger partial charge in [-0.2, -0.15) is 13.2 Å². The molecule has 1 aliphatic carbocycles. The number of amides is 1. The highest BCUT2D eigenvalue weighted by Crippen LogP contribution is 2.55. The first-order chi connectivity index (χ1) is 19.3. The van der Waals surface area contributed by atoms with E-state index < -0.39 is 41.8 Å². The minimum Gasteiger partial charge on any atom is -0.321 e. The van der Waals surface area contributed by atoms with Crippen molar-refractivity contribution in [1.82, 2.24) is 25.0 Å². The molecule has 2 aliphatic heterocycles. The molecule has 1 saturated heterocycles. The van der Waals surface area contributed by atoms with Crippen LogP contribution in [0.15, 0.2) is 42.7 Å². The zero-order chi connectivity index (χ0) is 29.2. The summed E-state index contributed by atoms with van der Waals surface area (Å²) in [6, 6.07) is 9.64. The second-order valence-corrected chi connectivity index (χ2v) is 11.7. The fourth-order valence-corrected chi connectivity index (χ4v) is 6.58. The van der Waals surface area contributed by atoms with E-state index in [9.17, 15) is 26.7 Å². The van der Waals surface area contributed by atoms with Gasteiger partial charge in [0, 0.05) is 75.2 Å². The van der Waals surface area contributed by atoms with Gasteiger partial charge in [-0.1, -0.05) is 12.1 Å². The topological polar surface area (TPSA) is 66.3 Å². The monoisotopic (exact) mass is 574 g/mol. The molecule has 12 heteroatoms. The van der Waals surface area contributed by atoms with Gasteiger partial charge in [-0.05, 0) is 47.9 Å². The molecule has 218 valence electrons. The molecule has 0 spiro atoms. The molecule has 1 amide bonds. The quantitative estimate of drug-likeness (QED) is 0.433. The maximum Gasteiger partial charge on any atom is 0.416 e. The first kappa shape index (κ1) is 27.8. The average Bonchev–Trinajstić information content (AvgIpc) is 3.44. The highest BCUT2D eigenvalue weighted by atomic mass is 19.4. The maximum atomic E-state index is 14.3. The zero-order valence-electron chi connectivity index (χ0n) is 22.8. The van der Waals surface area contributed by atoms with Gasteiger partial charge < -0.3 is 14.8 Å². The van der Waals surface area contributed by atoms with Crippen molar-refractivity contribution >= 4 is 11.6 Å². The fraction of sp³-hybridized carbons (Fsp3) is 0.483. The Balaban J connectivity index is 1.32. The third kappa shape index (κ3) is 5.23. The Morgan fingerprint density at radius 2 is 1.93 bits per heavy atom. The normalized spacial score (nSPS) is 22.1. The number of hydrogen-bond donors (Lipinski definition) is 1. The van der Waals surface area contributed by atoms with Gasteiger partial charge in [-0.25, -0.2) is 8.78 Å². The Morgan fingerprint density at radius 1 is 1.15 bits per heavy atom. The molecular formula is C29H31F5N6O. The van der Waals surface area contributed by atoms with Gasteiger partial charge in [-0.3, -0.25) is 9.69 Å². The maximum absolute atomic E-state index is 14.3. The summed E-state index contributed by atoms with van der Waals surface area (Å²) in [5.74, 6) is -2.81. The van der Waals surface area contributed by atoms with Crippen LogP contribution in [0, 0.1) is 0 Å². The lowest BCUT2D eigenvalue weighted by molar-refractivity contribution is -0.138. The van der Waals surface area contributed by atoms with Crippen molar-refractivity contribution in [1.29, 1.82) is 0 Å². The van der Waals surface area contributed by atoms with Gasteiger partial charge in [0.2, 0.25) is 5.92 Å². The highest BCUT2D eigenvalue weighted by molar-refractivity contribution is 6.10. The molecule has 3 aromatic rings. The number of carbonyl (C=O) groups is 1. The fourth-order valence-electron chi connectivity index (χ4n) is 6.58. The molecule has 3 heterocycles. The molecule has 41 heavy (non-hydrogen) atoms. The second-order valence-electron chi connectivity index (χ2n) is 11.7. The number of nitrogens with zero attached hydrogens (tertiary/aromatic N) is 5. The van der Waals surface area contributed by atoms with E-state index in [1.54, 1.807) is 41.9 Å². The Morgan fingerprint density at radius 3 is 2.59 bits per heavy atom. The summed E-state index contributed by atoms with van der Waals surface area (Å²) in [6.07, 6.45) is -3.69. The lowest BCUT2D eigenvalue weighted by Gasteiger charge is -2.48. The molecule has 1 saturated carbocycles. The number of anilines is 1. The Hall–Kier alpha value is -3.38. The van der Waals surface area contributed by atoms with Gasteiger partial charge in [0.15, 0.2) is 0 Å². The van der Waals surface area contributed by atoms with Gasteiger partial charge in [0.1, 0.15) is 12.2 Å². The lowest BCUT2D eigenvalue weighted by atomic mass is 9.60. The van der Waals surface area contributed by atoms with Gasteiger partial charge in [-0.15, -0.1) is 10.2 Å². The Labute approximate surface area is 234 Å². The number of piperazine rings is 1. The second kappa shape index (κ2) is 9.87. The number of halogens is 5. The molecule has 1 N–H and O–H groups in total. The molecule has 0 radical (unpaired) electrons. The van der Waals surface area contributed by atoms with Crippen LogP contribution in [-0.4, -0.2) is 57.2 Å². The summed E-state index contributed by atoms with van der Waals surface area (Å²) in [4.78, 5) is 17.0. The third-order valence-corrected chi connectivity index (χ3v) is 8.53. The molecule has 1 atom stereocenters. The number of hydrogen-bond acceptors (Lipinski definition) is 5. The van der Waals surface area contributed by atoms with E-state index >= 15 is 0 Å². The van der Waals surface area contributed by atoms with Crippen LogP contribution in [0.1, 0.15) is 58.2 Å². The number of fused-ring (bicyclic) bond motifs is 1. The van der Waals surface area contributed by atoms with E-state index in [-0.39, 0.29) is 30.1 Å². The first-order valence-corrected chi connectivity index (χ1v) is 13.7. The molecule has 0 bridgehead atoms. The molecule has 2 fully saturated rings. The summed E-state index contributed by atoms with van der Waals surface area (Å²) in [7, 11) is 1.74. The van der Waals surface area contributed by atoms with Crippen LogP contribution in [0.4, 0.5) is 27.6 Å². The summed E-state index contributed by atoms with van der Waals surface area (Å²) in [5.41, 5.74) is -0.354. The summed E-state index contributed by atoms with van der Waals surface area (Å²) >= 11 is 0. The molecular weight excluding hydrogens is 543 g/mol. The zero-order valence-corrected chi connectivity index (χ0v) is 22.8. The predicted octanol–water partition coefficient (Wildman–Crippen LogP) is 4.70. The number of aryl methyl sites for hydroxylation is 1. The molecule has 0 unspecified atom stereocenters. The smallest absolute Gasteiger partial charge is 0.321 e. The first-order valence-electron chi connectivity index (χ1n) is 13.7. The van der Waals surface area contributed by atoms with E-state index in [2.05, 4.69) is 20.4 Å². The van der Waals surface area contributed by atoms with Crippen LogP contribution in [0.3, 0.4) is 0 Å². The van der Waals surface area contributed by atoms with Gasteiger partial charge in [0.25, 0.3) is 5.91 Å². The van der Waals surface area contributed by atoms with Crippen molar-refractivity contribution in [3.8, 4) is 0 Å². The van der Waals surface area contributed by atoms with Crippen molar-refractivity contribution in [3.05, 3.63) is 76.4 Å². The van der Waals surface area contributed by atoms with E-state index in [0.717, 1.165) is 12.6 Å². The predicted molar refractivity (Wildman–Crippen MR) is 142 cm³/mol. The average molecular weight is 575 g/mol. The number of aromatic nitrogens is 3. The third-order valence-electron chi connectivity index (χ3n) is 8.53. The number of alkyl halides is 5. The lowest BCUT2D eigenvalue weighted by Crippen LogP contribution is -2.51. The van der Waals surface area contributed by atoms with Crippen molar-refractivity contribution < 1.29 is 26.7 Å². The molecule has 1 aromatic heterocycles. The van der Waals surface area contributed by atoms with Crippen LogP contribution in [0.5, 0.6) is 0 Å². The van der Waals surface area contributed by atoms with E-state index in [4.69, 9.17) is 0 Å². The minimum absolute atomic E-state index is 0.0346.